The molecule has 0 saturated carbocycles. The van der Waals surface area contributed by atoms with Crippen molar-refractivity contribution in [3.05, 3.63) is 89.0 Å². The molecule has 0 aliphatic heterocycles. The number of aromatic nitrogens is 2. The highest BCUT2D eigenvalue weighted by Gasteiger charge is 2.22. The van der Waals surface area contributed by atoms with Gasteiger partial charge < -0.3 is 9.88 Å². The van der Waals surface area contributed by atoms with Crippen LogP contribution in [-0.2, 0) is 11.3 Å². The first kappa shape index (κ1) is 17.9. The molecule has 2 aromatic carbocycles. The van der Waals surface area contributed by atoms with Crippen molar-refractivity contribution in [2.75, 3.05) is 7.05 Å². The van der Waals surface area contributed by atoms with Gasteiger partial charge in [0.25, 0.3) is 0 Å². The van der Waals surface area contributed by atoms with E-state index in [4.69, 9.17) is 0 Å². The van der Waals surface area contributed by atoms with Gasteiger partial charge in [-0.3, -0.25) is 4.79 Å². The van der Waals surface area contributed by atoms with Gasteiger partial charge >= 0.3 is 0 Å². The molecular weight excluding hydrogens is 322 g/mol. The summed E-state index contributed by atoms with van der Waals surface area (Å²) in [5.74, 6) is 0.965. The van der Waals surface area contributed by atoms with E-state index in [1.165, 1.54) is 11.1 Å². The number of nitrogens with zero attached hydrogens (tertiary/aromatic N) is 2. The lowest BCUT2D eigenvalue weighted by Gasteiger charge is -2.23. The molecule has 0 radical (unpaired) electrons. The van der Waals surface area contributed by atoms with Gasteiger partial charge in [-0.2, -0.15) is 0 Å². The van der Waals surface area contributed by atoms with E-state index < -0.39 is 0 Å². The minimum atomic E-state index is 0.0469. The summed E-state index contributed by atoms with van der Waals surface area (Å²) in [6.45, 7) is 4.55. The number of H-pyrrole nitrogens is 1. The second-order valence-electron chi connectivity index (χ2n) is 6.79. The topological polar surface area (TPSA) is 49.0 Å². The molecule has 1 amide bonds. The van der Waals surface area contributed by atoms with E-state index in [1.807, 2.05) is 44.3 Å². The van der Waals surface area contributed by atoms with Crippen LogP contribution in [0.3, 0.4) is 0 Å². The van der Waals surface area contributed by atoms with Crippen LogP contribution in [0.15, 0.2) is 60.8 Å². The molecule has 0 aliphatic carbocycles. The third-order valence-electron chi connectivity index (χ3n) is 4.71. The van der Waals surface area contributed by atoms with Crippen molar-refractivity contribution in [1.82, 2.24) is 14.9 Å². The molecule has 134 valence electrons. The van der Waals surface area contributed by atoms with Crippen LogP contribution in [0.5, 0.6) is 0 Å². The Hall–Kier alpha value is -2.88. The predicted molar refractivity (Wildman–Crippen MR) is 104 cm³/mol. The number of rotatable bonds is 6. The van der Waals surface area contributed by atoms with Gasteiger partial charge in [-0.15, -0.1) is 0 Å². The summed E-state index contributed by atoms with van der Waals surface area (Å²) in [7, 11) is 1.83. The van der Waals surface area contributed by atoms with Crippen molar-refractivity contribution in [1.29, 1.82) is 0 Å². The minimum absolute atomic E-state index is 0.0469. The SMILES string of the molecule is Cc1cnc(CN(C)C(=O)C[C@H](c2ccccc2)c2ccccc2C)[nH]1. The van der Waals surface area contributed by atoms with Crippen molar-refractivity contribution in [3.8, 4) is 0 Å². The largest absolute Gasteiger partial charge is 0.345 e. The van der Waals surface area contributed by atoms with Gasteiger partial charge in [0.05, 0.1) is 6.54 Å². The first-order valence-electron chi connectivity index (χ1n) is 8.89. The molecule has 1 aromatic heterocycles. The summed E-state index contributed by atoms with van der Waals surface area (Å²) in [6, 6.07) is 18.6. The van der Waals surface area contributed by atoms with Crippen LogP contribution in [0.1, 0.15) is 40.5 Å². The maximum atomic E-state index is 12.9. The lowest BCUT2D eigenvalue weighted by molar-refractivity contribution is -0.130. The molecule has 0 spiro atoms. The molecule has 4 heteroatoms. The number of benzene rings is 2. The Labute approximate surface area is 154 Å². The van der Waals surface area contributed by atoms with Gasteiger partial charge in [0, 0.05) is 31.3 Å². The Bertz CT molecular complexity index is 870. The summed E-state index contributed by atoms with van der Waals surface area (Å²) in [5, 5.41) is 0. The van der Waals surface area contributed by atoms with Crippen LogP contribution in [0.2, 0.25) is 0 Å². The van der Waals surface area contributed by atoms with E-state index in [-0.39, 0.29) is 11.8 Å². The zero-order valence-electron chi connectivity index (χ0n) is 15.6. The molecule has 3 rings (SSSR count). The maximum Gasteiger partial charge on any atom is 0.223 e. The predicted octanol–water partition coefficient (Wildman–Crippen LogP) is 4.21. The Morgan fingerprint density at radius 1 is 1.08 bits per heavy atom. The maximum absolute atomic E-state index is 12.9. The van der Waals surface area contributed by atoms with Gasteiger partial charge in [-0.1, -0.05) is 54.6 Å². The quantitative estimate of drug-likeness (QED) is 0.726. The van der Waals surface area contributed by atoms with Gasteiger partial charge in [-0.05, 0) is 30.5 Å². The van der Waals surface area contributed by atoms with Crippen LogP contribution in [0.25, 0.3) is 0 Å². The molecule has 0 unspecified atom stereocenters. The van der Waals surface area contributed by atoms with E-state index in [2.05, 4.69) is 41.2 Å². The summed E-state index contributed by atoms with van der Waals surface area (Å²) in [6.07, 6.45) is 2.22. The number of nitrogens with one attached hydrogen (secondary N) is 1. The molecule has 0 fully saturated rings. The Morgan fingerprint density at radius 2 is 1.77 bits per heavy atom. The van der Waals surface area contributed by atoms with Gasteiger partial charge in [0.15, 0.2) is 0 Å². The van der Waals surface area contributed by atoms with Crippen molar-refractivity contribution in [2.24, 2.45) is 0 Å². The standard InChI is InChI=1S/C22H25N3O/c1-16-9-7-8-12-19(16)20(18-10-5-4-6-11-18)13-22(26)25(3)15-21-23-14-17(2)24-21/h4-12,14,20H,13,15H2,1-3H3,(H,23,24)/t20-/m1/s1. The number of hydrogen-bond acceptors (Lipinski definition) is 2. The molecule has 0 aliphatic rings. The highest BCUT2D eigenvalue weighted by Crippen LogP contribution is 2.30. The third kappa shape index (κ3) is 4.20. The van der Waals surface area contributed by atoms with Crippen LogP contribution < -0.4 is 0 Å². The van der Waals surface area contributed by atoms with Gasteiger partial charge in [0.2, 0.25) is 5.91 Å². The summed E-state index contributed by atoms with van der Waals surface area (Å²) < 4.78 is 0. The van der Waals surface area contributed by atoms with Crippen LogP contribution in [0, 0.1) is 13.8 Å². The fourth-order valence-corrected chi connectivity index (χ4v) is 3.26. The second-order valence-corrected chi connectivity index (χ2v) is 6.79. The van der Waals surface area contributed by atoms with E-state index in [9.17, 15) is 4.79 Å². The number of imidazole rings is 1. The van der Waals surface area contributed by atoms with Crippen LogP contribution >= 0.6 is 0 Å². The molecule has 3 aromatic rings. The van der Waals surface area contributed by atoms with Gasteiger partial charge in [-0.25, -0.2) is 4.98 Å². The van der Waals surface area contributed by atoms with Crippen molar-refractivity contribution < 1.29 is 4.79 Å². The number of carbonyl (C=O) groups excluding carboxylic acids is 1. The lowest BCUT2D eigenvalue weighted by atomic mass is 9.86. The van der Waals surface area contributed by atoms with Crippen LogP contribution in [0.4, 0.5) is 0 Å². The zero-order valence-corrected chi connectivity index (χ0v) is 15.6. The first-order valence-corrected chi connectivity index (χ1v) is 8.89. The summed E-state index contributed by atoms with van der Waals surface area (Å²) >= 11 is 0. The highest BCUT2D eigenvalue weighted by atomic mass is 16.2. The lowest BCUT2D eigenvalue weighted by Crippen LogP contribution is -2.28. The van der Waals surface area contributed by atoms with Gasteiger partial charge in [0.1, 0.15) is 5.82 Å². The number of aromatic amines is 1. The van der Waals surface area contributed by atoms with Crippen molar-refractivity contribution >= 4 is 5.91 Å². The third-order valence-corrected chi connectivity index (χ3v) is 4.71. The second kappa shape index (κ2) is 8.00. The smallest absolute Gasteiger partial charge is 0.223 e. The van der Waals surface area contributed by atoms with Crippen molar-refractivity contribution in [3.63, 3.8) is 0 Å². The number of hydrogen-bond donors (Lipinski definition) is 1. The number of carbonyl (C=O) groups is 1. The minimum Gasteiger partial charge on any atom is -0.345 e. The number of aryl methyl sites for hydroxylation is 2. The highest BCUT2D eigenvalue weighted by molar-refractivity contribution is 5.77. The molecule has 1 N–H and O–H groups in total. The fourth-order valence-electron chi connectivity index (χ4n) is 3.26. The fraction of sp³-hybridized carbons (Fsp3) is 0.273. The van der Waals surface area contributed by atoms with E-state index in [0.717, 1.165) is 17.1 Å². The Balaban J connectivity index is 1.81. The Morgan fingerprint density at radius 3 is 2.42 bits per heavy atom. The average molecular weight is 347 g/mol. The Kier molecular flexibility index (Phi) is 5.52. The molecule has 0 bridgehead atoms. The molecular formula is C22H25N3O. The van der Waals surface area contributed by atoms with E-state index in [1.54, 1.807) is 11.1 Å². The van der Waals surface area contributed by atoms with Crippen LogP contribution in [-0.4, -0.2) is 27.8 Å². The molecule has 1 heterocycles. The number of amides is 1. The molecule has 0 saturated heterocycles. The average Bonchev–Trinajstić information content (AvgIpc) is 3.05. The zero-order chi connectivity index (χ0) is 18.5. The van der Waals surface area contributed by atoms with E-state index >= 15 is 0 Å². The molecule has 1 atom stereocenters. The first-order chi connectivity index (χ1) is 12.5. The molecule has 4 nitrogen and oxygen atoms in total. The summed E-state index contributed by atoms with van der Waals surface area (Å²) in [4.78, 5) is 22.1. The summed E-state index contributed by atoms with van der Waals surface area (Å²) in [5.41, 5.74) is 4.58. The monoisotopic (exact) mass is 347 g/mol. The molecule has 26 heavy (non-hydrogen) atoms. The van der Waals surface area contributed by atoms with Crippen molar-refractivity contribution in [2.45, 2.75) is 32.7 Å². The van der Waals surface area contributed by atoms with E-state index in [0.29, 0.717) is 13.0 Å². The normalized spacial score (nSPS) is 12.0.